The summed E-state index contributed by atoms with van der Waals surface area (Å²) in [7, 11) is 0. The lowest BCUT2D eigenvalue weighted by Crippen LogP contribution is -2.53. The fraction of sp³-hybridized carbons (Fsp3) is 0.750. The first-order valence-corrected chi connectivity index (χ1v) is 6.17. The van der Waals surface area contributed by atoms with Gasteiger partial charge in [0.15, 0.2) is 4.84 Å². The highest BCUT2D eigenvalue weighted by Crippen LogP contribution is 2.09. The van der Waals surface area contributed by atoms with Gasteiger partial charge in [-0.2, -0.15) is 0 Å². The van der Waals surface area contributed by atoms with Crippen LogP contribution in [-0.4, -0.2) is 27.7 Å². The van der Waals surface area contributed by atoms with Crippen molar-refractivity contribution in [1.82, 2.24) is 10.6 Å². The van der Waals surface area contributed by atoms with Gasteiger partial charge in [-0.3, -0.25) is 9.59 Å². The Kier molecular flexibility index (Phi) is 7.48. The summed E-state index contributed by atoms with van der Waals surface area (Å²) in [5, 5.41) is 4.75. The maximum absolute atomic E-state index is 11.4. The van der Waals surface area contributed by atoms with Crippen molar-refractivity contribution in [3.63, 3.8) is 0 Å². The lowest BCUT2D eigenvalue weighted by atomic mass is 10.2. The zero-order valence-electron chi connectivity index (χ0n) is 8.64. The Hall–Kier alpha value is 0.1000. The van der Waals surface area contributed by atoms with Crippen LogP contribution in [0.25, 0.3) is 0 Å². The SMILES string of the molecule is CC(C)C(=O)NC(NC(=O)C(Cl)Cl)C(Cl)Cl. The standard InChI is InChI=1S/C8H12Cl4N2O2/c1-3(2)7(15)13-6(4(9)10)14-8(16)5(11)12/h3-6H,1-2H3,(H,13,15)(H,14,16). The number of hydrogen-bond acceptors (Lipinski definition) is 2. The molecule has 0 bridgehead atoms. The van der Waals surface area contributed by atoms with Gasteiger partial charge in [-0.05, 0) is 0 Å². The van der Waals surface area contributed by atoms with Crippen LogP contribution in [0.2, 0.25) is 0 Å². The molecule has 0 aliphatic rings. The number of rotatable bonds is 5. The predicted molar refractivity (Wildman–Crippen MR) is 65.9 cm³/mol. The van der Waals surface area contributed by atoms with Crippen LogP contribution in [0.1, 0.15) is 13.8 Å². The van der Waals surface area contributed by atoms with Crippen molar-refractivity contribution in [2.45, 2.75) is 29.7 Å². The minimum absolute atomic E-state index is 0.255. The molecule has 0 fully saturated rings. The molecule has 0 radical (unpaired) electrons. The molecule has 2 N–H and O–H groups in total. The summed E-state index contributed by atoms with van der Waals surface area (Å²) in [4.78, 5) is 20.3. The molecule has 0 aliphatic carbocycles. The van der Waals surface area contributed by atoms with Crippen molar-refractivity contribution in [2.75, 3.05) is 0 Å². The summed E-state index contributed by atoms with van der Waals surface area (Å²) >= 11 is 21.8. The summed E-state index contributed by atoms with van der Waals surface area (Å²) in [5.41, 5.74) is 0. The Bertz CT molecular complexity index is 236. The summed E-state index contributed by atoms with van der Waals surface area (Å²) in [6.45, 7) is 3.38. The van der Waals surface area contributed by atoms with Gasteiger partial charge in [0.05, 0.1) is 0 Å². The van der Waals surface area contributed by atoms with E-state index in [0.29, 0.717) is 0 Å². The third-order valence-corrected chi connectivity index (χ3v) is 2.47. The fourth-order valence-electron chi connectivity index (χ4n) is 0.698. The normalized spacial score (nSPS) is 13.1. The molecule has 4 nitrogen and oxygen atoms in total. The zero-order chi connectivity index (χ0) is 12.9. The minimum Gasteiger partial charge on any atom is -0.333 e. The molecular formula is C8H12Cl4N2O2. The highest BCUT2D eigenvalue weighted by atomic mass is 35.5. The van der Waals surface area contributed by atoms with Gasteiger partial charge in [-0.25, -0.2) is 0 Å². The molecule has 2 amide bonds. The molecule has 0 aromatic heterocycles. The topological polar surface area (TPSA) is 58.2 Å². The van der Waals surface area contributed by atoms with Crippen LogP contribution in [0, 0.1) is 5.92 Å². The van der Waals surface area contributed by atoms with Gasteiger partial charge in [0, 0.05) is 5.92 Å². The third kappa shape index (κ3) is 5.99. The first kappa shape index (κ1) is 16.1. The van der Waals surface area contributed by atoms with Crippen LogP contribution >= 0.6 is 46.4 Å². The van der Waals surface area contributed by atoms with Gasteiger partial charge >= 0.3 is 0 Å². The Morgan fingerprint density at radius 3 is 1.69 bits per heavy atom. The van der Waals surface area contributed by atoms with E-state index in [2.05, 4.69) is 10.6 Å². The predicted octanol–water partition coefficient (Wildman–Crippen LogP) is 1.81. The van der Waals surface area contributed by atoms with Crippen LogP contribution in [0.15, 0.2) is 0 Å². The molecule has 0 aromatic rings. The van der Waals surface area contributed by atoms with Crippen molar-refractivity contribution >= 4 is 58.2 Å². The molecule has 0 aromatic carbocycles. The Labute approximate surface area is 114 Å². The monoisotopic (exact) mass is 308 g/mol. The first-order chi connectivity index (χ1) is 7.25. The van der Waals surface area contributed by atoms with Crippen LogP contribution in [0.4, 0.5) is 0 Å². The maximum atomic E-state index is 11.4. The van der Waals surface area contributed by atoms with E-state index in [-0.39, 0.29) is 11.8 Å². The van der Waals surface area contributed by atoms with E-state index in [1.807, 2.05) is 0 Å². The molecule has 0 heterocycles. The summed E-state index contributed by atoms with van der Waals surface area (Å²) in [5.74, 6) is -1.23. The quantitative estimate of drug-likeness (QED) is 0.601. The highest BCUT2D eigenvalue weighted by molar-refractivity contribution is 6.53. The van der Waals surface area contributed by atoms with E-state index in [4.69, 9.17) is 46.4 Å². The molecular weight excluding hydrogens is 298 g/mol. The second-order valence-electron chi connectivity index (χ2n) is 3.28. The second kappa shape index (κ2) is 7.43. The molecule has 16 heavy (non-hydrogen) atoms. The van der Waals surface area contributed by atoms with Gasteiger partial charge in [-0.15, -0.1) is 23.2 Å². The maximum Gasteiger partial charge on any atom is 0.254 e. The summed E-state index contributed by atoms with van der Waals surface area (Å²) < 4.78 is 0. The van der Waals surface area contributed by atoms with E-state index in [1.165, 1.54) is 0 Å². The van der Waals surface area contributed by atoms with Crippen LogP contribution < -0.4 is 10.6 Å². The summed E-state index contributed by atoms with van der Waals surface area (Å²) in [6.07, 6.45) is -0.925. The molecule has 0 spiro atoms. The molecule has 0 aliphatic heterocycles. The molecule has 1 atom stereocenters. The lowest BCUT2D eigenvalue weighted by molar-refractivity contribution is -0.125. The van der Waals surface area contributed by atoms with E-state index >= 15 is 0 Å². The largest absolute Gasteiger partial charge is 0.333 e. The van der Waals surface area contributed by atoms with Gasteiger partial charge < -0.3 is 10.6 Å². The number of alkyl halides is 4. The van der Waals surface area contributed by atoms with Gasteiger partial charge in [-0.1, -0.05) is 37.0 Å². The van der Waals surface area contributed by atoms with Crippen LogP contribution in [-0.2, 0) is 9.59 Å². The molecule has 94 valence electrons. The van der Waals surface area contributed by atoms with Gasteiger partial charge in [0.2, 0.25) is 5.91 Å². The van der Waals surface area contributed by atoms with Gasteiger partial charge in [0.1, 0.15) is 11.0 Å². The van der Waals surface area contributed by atoms with E-state index in [1.54, 1.807) is 13.8 Å². The Balaban J connectivity index is 4.40. The van der Waals surface area contributed by atoms with E-state index in [9.17, 15) is 9.59 Å². The number of halogens is 4. The smallest absolute Gasteiger partial charge is 0.254 e. The average molecular weight is 310 g/mol. The third-order valence-electron chi connectivity index (χ3n) is 1.57. The van der Waals surface area contributed by atoms with Crippen molar-refractivity contribution < 1.29 is 9.59 Å². The fourth-order valence-corrected chi connectivity index (χ4v) is 1.08. The van der Waals surface area contributed by atoms with Crippen molar-refractivity contribution in [2.24, 2.45) is 5.92 Å². The van der Waals surface area contributed by atoms with Crippen LogP contribution in [0.5, 0.6) is 0 Å². The zero-order valence-corrected chi connectivity index (χ0v) is 11.7. The number of amides is 2. The Morgan fingerprint density at radius 1 is 0.938 bits per heavy atom. The number of carbonyl (C=O) groups is 2. The molecule has 1 unspecified atom stereocenters. The number of hydrogen-bond donors (Lipinski definition) is 2. The van der Waals surface area contributed by atoms with E-state index in [0.717, 1.165) is 0 Å². The van der Waals surface area contributed by atoms with Crippen molar-refractivity contribution in [3.8, 4) is 0 Å². The van der Waals surface area contributed by atoms with Crippen molar-refractivity contribution in [3.05, 3.63) is 0 Å². The number of nitrogens with one attached hydrogen (secondary N) is 2. The van der Waals surface area contributed by atoms with Crippen molar-refractivity contribution in [1.29, 1.82) is 0 Å². The highest BCUT2D eigenvalue weighted by Gasteiger charge is 2.24. The number of carbonyl (C=O) groups excluding carboxylic acids is 2. The average Bonchev–Trinajstić information content (AvgIpc) is 2.15. The molecule has 0 rings (SSSR count). The Morgan fingerprint density at radius 2 is 1.38 bits per heavy atom. The lowest BCUT2D eigenvalue weighted by Gasteiger charge is -2.22. The van der Waals surface area contributed by atoms with Gasteiger partial charge in [0.25, 0.3) is 5.91 Å². The van der Waals surface area contributed by atoms with Crippen LogP contribution in [0.3, 0.4) is 0 Å². The second-order valence-corrected chi connectivity index (χ2v) is 5.54. The first-order valence-electron chi connectivity index (χ1n) is 4.42. The minimum atomic E-state index is -1.24. The molecule has 8 heteroatoms. The van der Waals surface area contributed by atoms with E-state index < -0.39 is 21.7 Å². The molecule has 0 saturated heterocycles. The summed E-state index contributed by atoms with van der Waals surface area (Å²) in [6, 6.07) is 0. The molecule has 0 saturated carbocycles.